The fourth-order valence-electron chi connectivity index (χ4n) is 4.29. The molecule has 2 aliphatic heterocycles. The molecule has 1 unspecified atom stereocenters. The number of anilines is 1. The Labute approximate surface area is 181 Å². The molecule has 1 atom stereocenters. The second-order valence-electron chi connectivity index (χ2n) is 8.73. The van der Waals surface area contributed by atoms with Crippen LogP contribution in [0.1, 0.15) is 60.4 Å². The number of fused-ring (bicyclic) bond motifs is 1. The molecule has 1 saturated heterocycles. The monoisotopic (exact) mass is 427 g/mol. The minimum Gasteiger partial charge on any atom is -0.342 e. The van der Waals surface area contributed by atoms with Crippen LogP contribution in [0.3, 0.4) is 0 Å². The Bertz CT molecular complexity index is 970. The molecule has 4 rings (SSSR count). The largest absolute Gasteiger partial charge is 0.342 e. The highest BCUT2D eigenvalue weighted by Crippen LogP contribution is 2.32. The zero-order valence-corrected chi connectivity index (χ0v) is 19.0. The summed E-state index contributed by atoms with van der Waals surface area (Å²) in [5.74, 6) is 2.26. The van der Waals surface area contributed by atoms with Gasteiger partial charge in [0, 0.05) is 48.6 Å². The van der Waals surface area contributed by atoms with Gasteiger partial charge in [-0.2, -0.15) is 0 Å². The van der Waals surface area contributed by atoms with E-state index >= 15 is 0 Å². The SMILES string of the molecule is Cc1nc(CC(=O)N2CCC(c3nc(C)c4c(n3)N(CC(C)C)C(=O)CC4)C2)cs1. The van der Waals surface area contributed by atoms with Gasteiger partial charge in [-0.25, -0.2) is 15.0 Å². The first-order valence-electron chi connectivity index (χ1n) is 10.7. The van der Waals surface area contributed by atoms with Gasteiger partial charge in [0.25, 0.3) is 0 Å². The van der Waals surface area contributed by atoms with E-state index in [4.69, 9.17) is 9.97 Å². The van der Waals surface area contributed by atoms with Gasteiger partial charge in [-0.1, -0.05) is 13.8 Å². The maximum absolute atomic E-state index is 12.7. The van der Waals surface area contributed by atoms with Gasteiger partial charge in [0.15, 0.2) is 0 Å². The Balaban J connectivity index is 1.52. The van der Waals surface area contributed by atoms with Crippen LogP contribution in [0.25, 0.3) is 0 Å². The predicted molar refractivity (Wildman–Crippen MR) is 117 cm³/mol. The topological polar surface area (TPSA) is 79.3 Å². The number of nitrogens with zero attached hydrogens (tertiary/aromatic N) is 5. The lowest BCUT2D eigenvalue weighted by Gasteiger charge is -2.31. The number of thiazole rings is 1. The van der Waals surface area contributed by atoms with Crippen molar-refractivity contribution in [2.45, 2.75) is 59.3 Å². The van der Waals surface area contributed by atoms with Crippen LogP contribution in [0, 0.1) is 19.8 Å². The molecule has 2 aliphatic rings. The molecule has 0 spiro atoms. The molecular formula is C22H29N5O2S. The molecule has 1 fully saturated rings. The summed E-state index contributed by atoms with van der Waals surface area (Å²) in [5.41, 5.74) is 2.89. The highest BCUT2D eigenvalue weighted by Gasteiger charge is 2.33. The van der Waals surface area contributed by atoms with E-state index in [0.717, 1.165) is 40.0 Å². The molecule has 0 saturated carbocycles. The number of aryl methyl sites for hydroxylation is 2. The second kappa shape index (κ2) is 8.41. The molecule has 4 heterocycles. The average molecular weight is 428 g/mol. The number of carbonyl (C=O) groups is 2. The number of rotatable bonds is 5. The first-order valence-corrected chi connectivity index (χ1v) is 11.6. The van der Waals surface area contributed by atoms with E-state index in [-0.39, 0.29) is 17.7 Å². The first kappa shape index (κ1) is 20.9. The van der Waals surface area contributed by atoms with E-state index < -0.39 is 0 Å². The van der Waals surface area contributed by atoms with Crippen LogP contribution in [0.4, 0.5) is 5.82 Å². The molecule has 7 nitrogen and oxygen atoms in total. The number of hydrogen-bond acceptors (Lipinski definition) is 6. The van der Waals surface area contributed by atoms with Crippen molar-refractivity contribution in [1.82, 2.24) is 19.9 Å². The third-order valence-electron chi connectivity index (χ3n) is 5.81. The Morgan fingerprint density at radius 3 is 2.73 bits per heavy atom. The summed E-state index contributed by atoms with van der Waals surface area (Å²) in [6.07, 6.45) is 2.41. The highest BCUT2D eigenvalue weighted by atomic mass is 32.1. The van der Waals surface area contributed by atoms with Crippen LogP contribution in [0.2, 0.25) is 0 Å². The third-order valence-corrected chi connectivity index (χ3v) is 6.63. The number of amides is 2. The van der Waals surface area contributed by atoms with E-state index in [2.05, 4.69) is 18.8 Å². The van der Waals surface area contributed by atoms with Crippen LogP contribution >= 0.6 is 11.3 Å². The van der Waals surface area contributed by atoms with Crippen LogP contribution in [-0.4, -0.2) is 51.3 Å². The van der Waals surface area contributed by atoms with Crippen molar-refractivity contribution < 1.29 is 9.59 Å². The van der Waals surface area contributed by atoms with Crippen LogP contribution in [0.15, 0.2) is 5.38 Å². The minimum absolute atomic E-state index is 0.105. The van der Waals surface area contributed by atoms with Crippen molar-refractivity contribution >= 4 is 29.0 Å². The quantitative estimate of drug-likeness (QED) is 0.733. The molecule has 30 heavy (non-hydrogen) atoms. The summed E-state index contributed by atoms with van der Waals surface area (Å²) in [5, 5.41) is 2.94. The van der Waals surface area contributed by atoms with Gasteiger partial charge in [0.2, 0.25) is 11.8 Å². The number of likely N-dealkylation sites (tertiary alicyclic amines) is 1. The standard InChI is InChI=1S/C22H29N5O2S/c1-13(2)10-27-19(28)6-5-18-14(3)23-21(25-22(18)27)16-7-8-26(11-16)20(29)9-17-12-30-15(4)24-17/h12-13,16H,5-11H2,1-4H3. The summed E-state index contributed by atoms with van der Waals surface area (Å²) < 4.78 is 0. The molecule has 160 valence electrons. The van der Waals surface area contributed by atoms with Crippen LogP contribution < -0.4 is 4.90 Å². The van der Waals surface area contributed by atoms with Crippen LogP contribution in [0.5, 0.6) is 0 Å². The lowest BCUT2D eigenvalue weighted by molar-refractivity contribution is -0.129. The average Bonchev–Trinajstić information content (AvgIpc) is 3.33. The molecule has 2 aromatic rings. The Morgan fingerprint density at radius 2 is 2.03 bits per heavy atom. The summed E-state index contributed by atoms with van der Waals surface area (Å²) in [6.45, 7) is 10.2. The summed E-state index contributed by atoms with van der Waals surface area (Å²) in [4.78, 5) is 43.1. The highest BCUT2D eigenvalue weighted by molar-refractivity contribution is 7.09. The molecule has 0 bridgehead atoms. The van der Waals surface area contributed by atoms with Gasteiger partial charge in [-0.05, 0) is 32.6 Å². The number of carbonyl (C=O) groups excluding carboxylic acids is 2. The van der Waals surface area contributed by atoms with Gasteiger partial charge in [0.1, 0.15) is 11.6 Å². The number of aromatic nitrogens is 3. The lowest BCUT2D eigenvalue weighted by atomic mass is 10.0. The van der Waals surface area contributed by atoms with Crippen molar-refractivity contribution in [2.75, 3.05) is 24.5 Å². The van der Waals surface area contributed by atoms with Crippen molar-refractivity contribution in [3.8, 4) is 0 Å². The van der Waals surface area contributed by atoms with Gasteiger partial charge >= 0.3 is 0 Å². The van der Waals surface area contributed by atoms with E-state index in [1.807, 2.05) is 29.0 Å². The number of hydrogen-bond donors (Lipinski definition) is 0. The van der Waals surface area contributed by atoms with Crippen LogP contribution in [-0.2, 0) is 22.4 Å². The van der Waals surface area contributed by atoms with Gasteiger partial charge in [-0.3, -0.25) is 14.5 Å². The third kappa shape index (κ3) is 4.24. The maximum atomic E-state index is 12.7. The predicted octanol–water partition coefficient (Wildman–Crippen LogP) is 3.04. The van der Waals surface area contributed by atoms with Gasteiger partial charge < -0.3 is 4.90 Å². The molecule has 0 aliphatic carbocycles. The van der Waals surface area contributed by atoms with Crippen molar-refractivity contribution in [3.63, 3.8) is 0 Å². The maximum Gasteiger partial charge on any atom is 0.228 e. The molecular weight excluding hydrogens is 398 g/mol. The molecule has 2 amide bonds. The first-order chi connectivity index (χ1) is 14.3. The van der Waals surface area contributed by atoms with Crippen molar-refractivity contribution in [1.29, 1.82) is 0 Å². The van der Waals surface area contributed by atoms with Gasteiger partial charge in [0.05, 0.1) is 17.1 Å². The Hall–Kier alpha value is -2.35. The molecule has 8 heteroatoms. The van der Waals surface area contributed by atoms with E-state index in [1.165, 1.54) is 0 Å². The summed E-state index contributed by atoms with van der Waals surface area (Å²) in [7, 11) is 0. The Morgan fingerprint density at radius 1 is 1.23 bits per heavy atom. The Kier molecular flexibility index (Phi) is 5.86. The molecule has 0 N–H and O–H groups in total. The smallest absolute Gasteiger partial charge is 0.228 e. The second-order valence-corrected chi connectivity index (χ2v) is 9.79. The van der Waals surface area contributed by atoms with Crippen molar-refractivity contribution in [2.24, 2.45) is 5.92 Å². The van der Waals surface area contributed by atoms with E-state index in [0.29, 0.717) is 44.8 Å². The van der Waals surface area contributed by atoms with Crippen molar-refractivity contribution in [3.05, 3.63) is 33.2 Å². The van der Waals surface area contributed by atoms with Gasteiger partial charge in [-0.15, -0.1) is 11.3 Å². The fraction of sp³-hybridized carbons (Fsp3) is 0.591. The van der Waals surface area contributed by atoms with E-state index in [9.17, 15) is 9.59 Å². The fourth-order valence-corrected chi connectivity index (χ4v) is 4.91. The zero-order chi connectivity index (χ0) is 21.4. The lowest BCUT2D eigenvalue weighted by Crippen LogP contribution is -2.39. The summed E-state index contributed by atoms with van der Waals surface area (Å²) in [6, 6.07) is 0. The zero-order valence-electron chi connectivity index (χ0n) is 18.1. The minimum atomic E-state index is 0.105. The normalized spacial score (nSPS) is 19.0. The molecule has 0 aromatic carbocycles. The molecule has 2 aromatic heterocycles. The summed E-state index contributed by atoms with van der Waals surface area (Å²) >= 11 is 1.57. The molecule has 0 radical (unpaired) electrons. The van der Waals surface area contributed by atoms with E-state index in [1.54, 1.807) is 11.3 Å².